The molecule has 6 unspecified atom stereocenters. The quantitative estimate of drug-likeness (QED) is 0.0255. The van der Waals surface area contributed by atoms with Gasteiger partial charge in [-0.3, -0.25) is 0 Å². The number of carboxylic acid groups (broad SMARTS) is 2. The summed E-state index contributed by atoms with van der Waals surface area (Å²) in [6, 6.07) is 8.64. The Morgan fingerprint density at radius 1 is 0.726 bits per heavy atom. The van der Waals surface area contributed by atoms with E-state index in [9.17, 15) is 24.9 Å². The molecular weight excluding hydrogens is 865 g/mol. The minimum absolute atomic E-state index is 0.155. The molecule has 15 nitrogen and oxygen atoms in total. The van der Waals surface area contributed by atoms with Crippen molar-refractivity contribution in [3.05, 3.63) is 0 Å². The second kappa shape index (κ2) is 35.5. The molecule has 0 aliphatic carbocycles. The lowest BCUT2D eigenvalue weighted by molar-refractivity contribution is -0.896. The Balaban J connectivity index is -0.000000387. The van der Waals surface area contributed by atoms with Crippen molar-refractivity contribution in [2.45, 2.75) is 178 Å². The van der Waals surface area contributed by atoms with Crippen LogP contribution in [0.1, 0.15) is 40.0 Å². The number of carbonyl (C=O) groups is 2. The molecular formula is C43H100N2O13Si4. The first kappa shape index (κ1) is 68.0. The van der Waals surface area contributed by atoms with Gasteiger partial charge in [0.15, 0.2) is 0 Å². The van der Waals surface area contributed by atoms with Crippen molar-refractivity contribution in [2.24, 2.45) is 0 Å². The van der Waals surface area contributed by atoms with Gasteiger partial charge >= 0.3 is 5.97 Å². The van der Waals surface area contributed by atoms with Crippen LogP contribution in [0, 0.1) is 0 Å². The summed E-state index contributed by atoms with van der Waals surface area (Å²) in [7, 11) is 3.99. The summed E-state index contributed by atoms with van der Waals surface area (Å²) in [4.78, 5) is 20.6. The van der Waals surface area contributed by atoms with Gasteiger partial charge in [0.2, 0.25) is 0 Å². The molecule has 0 saturated carbocycles. The van der Waals surface area contributed by atoms with Crippen molar-refractivity contribution in [1.29, 1.82) is 0 Å². The summed E-state index contributed by atoms with van der Waals surface area (Å²) >= 11 is 0. The Kier molecular flexibility index (Phi) is 39.0. The number of aliphatic hydroxyl groups is 6. The molecule has 376 valence electrons. The highest BCUT2D eigenvalue weighted by Crippen LogP contribution is 2.25. The van der Waals surface area contributed by atoms with Crippen molar-refractivity contribution in [2.75, 3.05) is 87.5 Å². The first-order valence-electron chi connectivity index (χ1n) is 22.7. The van der Waals surface area contributed by atoms with E-state index in [1.54, 1.807) is 0 Å². The van der Waals surface area contributed by atoms with Gasteiger partial charge in [0.25, 0.3) is 0 Å². The van der Waals surface area contributed by atoms with E-state index >= 15 is 0 Å². The monoisotopic (exact) mass is 965 g/mol. The largest absolute Gasteiger partial charge is 0.547 e. The summed E-state index contributed by atoms with van der Waals surface area (Å²) in [5, 5.41) is 70.1. The molecule has 0 spiro atoms. The number of hydrogen-bond acceptors (Lipinski definition) is 13. The van der Waals surface area contributed by atoms with Crippen LogP contribution in [0.5, 0.6) is 0 Å². The van der Waals surface area contributed by atoms with Crippen LogP contribution in [-0.2, 0) is 23.8 Å². The Labute approximate surface area is 382 Å². The molecule has 1 rings (SSSR count). The van der Waals surface area contributed by atoms with Crippen LogP contribution in [0.3, 0.4) is 0 Å². The van der Waals surface area contributed by atoms with E-state index < -0.39 is 68.6 Å². The van der Waals surface area contributed by atoms with E-state index in [-0.39, 0.29) is 12.7 Å². The van der Waals surface area contributed by atoms with Gasteiger partial charge in [-0.05, 0) is 47.2 Å². The van der Waals surface area contributed by atoms with Gasteiger partial charge in [-0.15, -0.1) is 0 Å². The number of hydrogen-bond donors (Lipinski definition) is 7. The number of ether oxygens (including phenoxy) is 3. The van der Waals surface area contributed by atoms with Gasteiger partial charge in [0.05, 0.1) is 58.7 Å². The lowest BCUT2D eigenvalue weighted by Crippen LogP contribution is -2.50. The van der Waals surface area contributed by atoms with Crippen LogP contribution >= 0.6 is 0 Å². The highest BCUT2D eigenvalue weighted by molar-refractivity contribution is 6.82. The third-order valence-electron chi connectivity index (χ3n) is 9.77. The molecule has 1 aliphatic rings. The molecule has 6 atom stereocenters. The van der Waals surface area contributed by atoms with Gasteiger partial charge in [-0.2, -0.15) is 0 Å². The molecule has 0 radical (unpaired) electrons. The minimum Gasteiger partial charge on any atom is -0.547 e. The van der Waals surface area contributed by atoms with E-state index in [2.05, 4.69) is 79.6 Å². The number of aliphatic carboxylic acids is 2. The molecule has 1 heterocycles. The van der Waals surface area contributed by atoms with E-state index in [0.717, 1.165) is 46.2 Å². The average molecular weight is 966 g/mol. The van der Waals surface area contributed by atoms with Crippen molar-refractivity contribution < 1.29 is 69.1 Å². The number of nitrogens with zero attached hydrogens (tertiary/aromatic N) is 2. The van der Waals surface area contributed by atoms with Crippen LogP contribution in [0.15, 0.2) is 0 Å². The lowest BCUT2D eigenvalue weighted by Gasteiger charge is -2.33. The third-order valence-corrected chi connectivity index (χ3v) is 20.9. The maximum Gasteiger partial charge on any atom is 0.332 e. The summed E-state index contributed by atoms with van der Waals surface area (Å²) in [6.07, 6.45) is -0.386. The number of aliphatic hydroxyl groups excluding tert-OH is 6. The molecule has 1 aliphatic heterocycles. The highest BCUT2D eigenvalue weighted by Gasteiger charge is 2.27. The summed E-state index contributed by atoms with van der Waals surface area (Å²) in [6.45, 7) is 34.7. The fourth-order valence-corrected chi connectivity index (χ4v) is 19.6. The summed E-state index contributed by atoms with van der Waals surface area (Å²) < 4.78 is 17.1. The zero-order valence-electron chi connectivity index (χ0n) is 42.7. The molecule has 0 amide bonds. The van der Waals surface area contributed by atoms with Crippen molar-refractivity contribution in [3.8, 4) is 0 Å². The zero-order chi connectivity index (χ0) is 49.5. The zero-order valence-corrected chi connectivity index (χ0v) is 46.7. The molecule has 0 aromatic carbocycles. The Morgan fingerprint density at radius 3 is 1.40 bits per heavy atom. The van der Waals surface area contributed by atoms with E-state index in [1.165, 1.54) is 49.6 Å². The highest BCUT2D eigenvalue weighted by atomic mass is 28.3. The second-order valence-electron chi connectivity index (χ2n) is 21.9. The molecule has 62 heavy (non-hydrogen) atoms. The van der Waals surface area contributed by atoms with Gasteiger partial charge < -0.3 is 69.2 Å². The second-order valence-corrected chi connectivity index (χ2v) is 43.8. The van der Waals surface area contributed by atoms with E-state index in [1.807, 2.05) is 25.9 Å². The molecule has 1 saturated heterocycles. The Bertz CT molecular complexity index is 1080. The fraction of sp³-hybridized carbons (Fsp3) is 0.953. The molecule has 0 aromatic heterocycles. The first-order valence-corrected chi connectivity index (χ1v) is 36.9. The standard InChI is InChI=1S/C19H46NO3Si2.C13H30O2Si2.C5H13NO2.2C3H6O3/c1-9-18(21)15-20(2,3)16-19(22)17-23-11-10-12-25(7,8)14-13-24(4,5)6;1-16(2,3)9-10-17(4,5)8-6-7-14-11-13-12-15-13;1-6(2)3-5(8)4-7;2*1-2(4)3(5)6/h18-19,21-22H,9-17H2,1-8H3;13H,6-12H2,1-5H3;5,7-8H,3-4H2,1-2H3;2*2,4H,1H3,(H,5,6)/q+1;;;;/p-1. The molecule has 0 aromatic rings. The number of carboxylic acids is 2. The predicted octanol–water partition coefficient (Wildman–Crippen LogP) is 3.96. The molecule has 19 heteroatoms. The smallest absolute Gasteiger partial charge is 0.332 e. The first-order chi connectivity index (χ1) is 28.0. The average Bonchev–Trinajstić information content (AvgIpc) is 3.94. The lowest BCUT2D eigenvalue weighted by atomic mass is 10.2. The normalized spacial score (nSPS) is 16.7. The number of quaternary nitrogens is 1. The van der Waals surface area contributed by atoms with Gasteiger partial charge in [0, 0.05) is 52.1 Å². The van der Waals surface area contributed by atoms with Crippen LogP contribution in [0.2, 0.25) is 102 Å². The van der Waals surface area contributed by atoms with Crippen molar-refractivity contribution in [1.82, 2.24) is 4.90 Å². The topological polar surface area (TPSA) is 233 Å². The summed E-state index contributed by atoms with van der Waals surface area (Å²) in [5.41, 5.74) is 0. The predicted molar refractivity (Wildman–Crippen MR) is 263 cm³/mol. The van der Waals surface area contributed by atoms with Crippen LogP contribution in [0.25, 0.3) is 0 Å². The fourth-order valence-electron chi connectivity index (χ4n) is 5.46. The number of carbonyl (C=O) groups excluding carboxylic acids is 1. The van der Waals surface area contributed by atoms with Crippen molar-refractivity contribution in [3.63, 3.8) is 0 Å². The minimum atomic E-state index is -1.44. The SMILES string of the molecule is CC(O)C(=O)O.CC(O)C(=O)[O-].CCC(O)C[N+](C)(C)CC(O)COCCC[Si](C)(C)CC[Si](C)(C)C.CN(C)CC(O)CO.C[Si](C)(C)CC[Si](C)(C)CCCOCC1CO1. The molecule has 1 fully saturated rings. The van der Waals surface area contributed by atoms with Gasteiger partial charge in [-0.25, -0.2) is 4.79 Å². The molecule has 0 bridgehead atoms. The third kappa shape index (κ3) is 55.5. The van der Waals surface area contributed by atoms with Gasteiger partial charge in [-0.1, -0.05) is 109 Å². The van der Waals surface area contributed by atoms with Crippen LogP contribution in [0.4, 0.5) is 0 Å². The Morgan fingerprint density at radius 2 is 1.11 bits per heavy atom. The Hall–Kier alpha value is -0.632. The van der Waals surface area contributed by atoms with E-state index in [0.29, 0.717) is 36.8 Å². The number of rotatable bonds is 28. The van der Waals surface area contributed by atoms with E-state index in [4.69, 9.17) is 39.7 Å². The number of epoxide rings is 1. The van der Waals surface area contributed by atoms with Crippen LogP contribution < -0.4 is 5.11 Å². The molecule has 7 N–H and O–H groups in total. The number of likely N-dealkylation sites (N-methyl/N-ethyl adjacent to an activating group) is 2. The maximum absolute atomic E-state index is 10.2. The summed E-state index contributed by atoms with van der Waals surface area (Å²) in [5.74, 6) is -2.62. The van der Waals surface area contributed by atoms with Crippen molar-refractivity contribution >= 4 is 44.2 Å². The van der Waals surface area contributed by atoms with Crippen LogP contribution in [-0.4, -0.2) is 213 Å². The maximum atomic E-state index is 10.2. The van der Waals surface area contributed by atoms with Gasteiger partial charge in [0.1, 0.15) is 37.5 Å².